The summed E-state index contributed by atoms with van der Waals surface area (Å²) < 4.78 is 0. The summed E-state index contributed by atoms with van der Waals surface area (Å²) in [6, 6.07) is 5.81. The molecule has 1 aliphatic heterocycles. The van der Waals surface area contributed by atoms with Gasteiger partial charge in [-0.05, 0) is 51.8 Å². The van der Waals surface area contributed by atoms with Crippen LogP contribution >= 0.6 is 11.3 Å². The highest BCUT2D eigenvalue weighted by molar-refractivity contribution is 7.13. The van der Waals surface area contributed by atoms with Crippen molar-refractivity contribution in [1.29, 1.82) is 0 Å². The van der Waals surface area contributed by atoms with Crippen LogP contribution in [0.25, 0.3) is 0 Å². The van der Waals surface area contributed by atoms with E-state index >= 15 is 0 Å². The molecule has 7 nitrogen and oxygen atoms in total. The van der Waals surface area contributed by atoms with Crippen molar-refractivity contribution >= 4 is 28.9 Å². The Bertz CT molecular complexity index is 1020. The fourth-order valence-corrected chi connectivity index (χ4v) is 4.63. The van der Waals surface area contributed by atoms with Crippen LogP contribution in [0.4, 0.5) is 11.6 Å². The molecule has 3 aromatic rings. The number of aromatic nitrogens is 4. The summed E-state index contributed by atoms with van der Waals surface area (Å²) in [5.41, 5.74) is 3.66. The third kappa shape index (κ3) is 4.42. The number of thiazole rings is 1. The molecule has 4 rings (SSSR count). The van der Waals surface area contributed by atoms with Crippen LogP contribution in [0.5, 0.6) is 0 Å². The minimum atomic E-state index is 0.0847. The molecule has 1 aliphatic rings. The highest BCUT2D eigenvalue weighted by Gasteiger charge is 2.28. The first-order chi connectivity index (χ1) is 14.0. The number of nitrogens with one attached hydrogen (secondary N) is 1. The van der Waals surface area contributed by atoms with Gasteiger partial charge in [-0.1, -0.05) is 0 Å². The third-order valence-electron chi connectivity index (χ3n) is 5.02. The fraction of sp³-hybridized carbons (Fsp3) is 0.381. The molecule has 1 saturated heterocycles. The van der Waals surface area contributed by atoms with Gasteiger partial charge < -0.3 is 10.2 Å². The smallest absolute Gasteiger partial charge is 0.265 e. The minimum Gasteiger partial charge on any atom is -0.337 e. The van der Waals surface area contributed by atoms with Crippen LogP contribution in [-0.4, -0.2) is 43.8 Å². The van der Waals surface area contributed by atoms with Gasteiger partial charge in [-0.15, -0.1) is 11.3 Å². The topological polar surface area (TPSA) is 83.9 Å². The SMILES string of the molecule is Cc1cc(Nc2ncccn2)cc([C@@H]2CCCN(C(=O)c3sc(C)nc3C)C2)n1. The quantitative estimate of drug-likeness (QED) is 0.702. The van der Waals surface area contributed by atoms with Crippen LogP contribution in [0, 0.1) is 20.8 Å². The predicted octanol–water partition coefficient (Wildman–Crippen LogP) is 4.02. The van der Waals surface area contributed by atoms with E-state index in [0.29, 0.717) is 12.5 Å². The van der Waals surface area contributed by atoms with Crippen LogP contribution in [-0.2, 0) is 0 Å². The summed E-state index contributed by atoms with van der Waals surface area (Å²) in [6.45, 7) is 7.28. The van der Waals surface area contributed by atoms with Crippen molar-refractivity contribution in [1.82, 2.24) is 24.8 Å². The van der Waals surface area contributed by atoms with E-state index < -0.39 is 0 Å². The summed E-state index contributed by atoms with van der Waals surface area (Å²) in [4.78, 5) is 33.4. The molecular formula is C21H24N6OS. The van der Waals surface area contributed by atoms with Crippen molar-refractivity contribution in [3.8, 4) is 0 Å². The first-order valence-corrected chi connectivity index (χ1v) is 10.6. The monoisotopic (exact) mass is 408 g/mol. The Morgan fingerprint density at radius 1 is 1.17 bits per heavy atom. The largest absolute Gasteiger partial charge is 0.337 e. The highest BCUT2D eigenvalue weighted by Crippen LogP contribution is 2.30. The number of hydrogen-bond acceptors (Lipinski definition) is 7. The van der Waals surface area contributed by atoms with Gasteiger partial charge in [0, 0.05) is 48.5 Å². The second kappa shape index (κ2) is 8.24. The number of anilines is 2. The number of piperidine rings is 1. The van der Waals surface area contributed by atoms with Gasteiger partial charge in [0.15, 0.2) is 0 Å². The molecule has 0 aromatic carbocycles. The maximum absolute atomic E-state index is 13.0. The summed E-state index contributed by atoms with van der Waals surface area (Å²) in [6.07, 6.45) is 5.39. The zero-order chi connectivity index (χ0) is 20.4. The van der Waals surface area contributed by atoms with Crippen LogP contribution in [0.2, 0.25) is 0 Å². The number of pyridine rings is 1. The van der Waals surface area contributed by atoms with Gasteiger partial charge >= 0.3 is 0 Å². The lowest BCUT2D eigenvalue weighted by Gasteiger charge is -2.32. The van der Waals surface area contributed by atoms with Gasteiger partial charge in [-0.25, -0.2) is 15.0 Å². The average Bonchev–Trinajstić information content (AvgIpc) is 3.06. The molecule has 29 heavy (non-hydrogen) atoms. The van der Waals surface area contributed by atoms with E-state index in [1.165, 1.54) is 11.3 Å². The first kappa shape index (κ1) is 19.4. The number of carbonyl (C=O) groups excluding carboxylic acids is 1. The van der Waals surface area contributed by atoms with Gasteiger partial charge in [0.2, 0.25) is 5.95 Å². The third-order valence-corrected chi connectivity index (χ3v) is 6.08. The summed E-state index contributed by atoms with van der Waals surface area (Å²) in [7, 11) is 0. The maximum atomic E-state index is 13.0. The zero-order valence-electron chi connectivity index (χ0n) is 16.8. The molecule has 1 N–H and O–H groups in total. The van der Waals surface area contributed by atoms with E-state index in [4.69, 9.17) is 4.98 Å². The lowest BCUT2D eigenvalue weighted by atomic mass is 9.93. The number of rotatable bonds is 4. The Morgan fingerprint density at radius 2 is 1.97 bits per heavy atom. The molecule has 0 saturated carbocycles. The molecule has 1 atom stereocenters. The van der Waals surface area contributed by atoms with Crippen molar-refractivity contribution in [3.05, 3.63) is 57.6 Å². The van der Waals surface area contributed by atoms with E-state index in [2.05, 4.69) is 20.3 Å². The van der Waals surface area contributed by atoms with Gasteiger partial charge in [0.1, 0.15) is 4.88 Å². The number of carbonyl (C=O) groups is 1. The molecule has 1 amide bonds. The van der Waals surface area contributed by atoms with E-state index in [1.807, 2.05) is 37.8 Å². The summed E-state index contributed by atoms with van der Waals surface area (Å²) in [5, 5.41) is 4.17. The predicted molar refractivity (Wildman–Crippen MR) is 114 cm³/mol. The van der Waals surface area contributed by atoms with Crippen LogP contribution in [0.3, 0.4) is 0 Å². The van der Waals surface area contributed by atoms with Crippen LogP contribution in [0.1, 0.15) is 50.5 Å². The molecule has 8 heteroatoms. The molecule has 0 bridgehead atoms. The van der Waals surface area contributed by atoms with Crippen molar-refractivity contribution in [2.45, 2.75) is 39.5 Å². The second-order valence-corrected chi connectivity index (χ2v) is 8.56. The van der Waals surface area contributed by atoms with E-state index in [-0.39, 0.29) is 11.8 Å². The second-order valence-electron chi connectivity index (χ2n) is 7.36. The number of likely N-dealkylation sites (tertiary alicyclic amines) is 1. The Labute approximate surface area is 174 Å². The van der Waals surface area contributed by atoms with Crippen molar-refractivity contribution in [2.24, 2.45) is 0 Å². The normalized spacial score (nSPS) is 16.7. The van der Waals surface area contributed by atoms with Crippen molar-refractivity contribution in [3.63, 3.8) is 0 Å². The van der Waals surface area contributed by atoms with E-state index in [1.54, 1.807) is 18.5 Å². The molecule has 0 unspecified atom stereocenters. The minimum absolute atomic E-state index is 0.0847. The molecule has 4 heterocycles. The Kier molecular flexibility index (Phi) is 5.53. The van der Waals surface area contributed by atoms with Crippen LogP contribution < -0.4 is 5.32 Å². The molecule has 0 aliphatic carbocycles. The number of hydrogen-bond donors (Lipinski definition) is 1. The van der Waals surface area contributed by atoms with E-state index in [0.717, 1.165) is 52.0 Å². The number of aryl methyl sites for hydroxylation is 3. The standard InChI is InChI=1S/C21H24N6OS/c1-13-10-17(26-21-22-7-5-8-23-21)11-18(24-13)16-6-4-9-27(12-16)20(28)19-14(2)25-15(3)29-19/h5,7-8,10-11,16H,4,6,9,12H2,1-3H3,(H,22,23,24,26)/t16-/m1/s1. The van der Waals surface area contributed by atoms with Gasteiger partial charge in [-0.2, -0.15) is 0 Å². The van der Waals surface area contributed by atoms with Gasteiger partial charge in [-0.3, -0.25) is 9.78 Å². The van der Waals surface area contributed by atoms with Gasteiger partial charge in [0.25, 0.3) is 5.91 Å². The van der Waals surface area contributed by atoms with Crippen LogP contribution in [0.15, 0.2) is 30.6 Å². The van der Waals surface area contributed by atoms with Gasteiger partial charge in [0.05, 0.1) is 10.7 Å². The Morgan fingerprint density at radius 3 is 2.69 bits per heavy atom. The number of nitrogens with zero attached hydrogens (tertiary/aromatic N) is 5. The Balaban J connectivity index is 1.53. The van der Waals surface area contributed by atoms with E-state index in [9.17, 15) is 4.79 Å². The lowest BCUT2D eigenvalue weighted by molar-refractivity contribution is 0.0710. The Hall–Kier alpha value is -2.87. The van der Waals surface area contributed by atoms with Crippen molar-refractivity contribution in [2.75, 3.05) is 18.4 Å². The lowest BCUT2D eigenvalue weighted by Crippen LogP contribution is -2.39. The molecule has 0 radical (unpaired) electrons. The zero-order valence-corrected chi connectivity index (χ0v) is 17.7. The maximum Gasteiger partial charge on any atom is 0.265 e. The molecule has 3 aromatic heterocycles. The fourth-order valence-electron chi connectivity index (χ4n) is 3.74. The molecule has 1 fully saturated rings. The molecule has 0 spiro atoms. The molecule has 150 valence electrons. The molecular weight excluding hydrogens is 384 g/mol. The average molecular weight is 409 g/mol. The summed E-state index contributed by atoms with van der Waals surface area (Å²) in [5.74, 6) is 0.848. The number of amides is 1. The van der Waals surface area contributed by atoms with Crippen molar-refractivity contribution < 1.29 is 4.79 Å². The highest BCUT2D eigenvalue weighted by atomic mass is 32.1. The summed E-state index contributed by atoms with van der Waals surface area (Å²) >= 11 is 1.48. The first-order valence-electron chi connectivity index (χ1n) is 9.75.